The van der Waals surface area contributed by atoms with E-state index in [0.717, 1.165) is 44.9 Å². The van der Waals surface area contributed by atoms with Gasteiger partial charge in [-0.1, -0.05) is 300 Å². The van der Waals surface area contributed by atoms with Crippen molar-refractivity contribution in [1.29, 1.82) is 0 Å². The first-order valence-corrected chi connectivity index (χ1v) is 37.4. The largest absolute Gasteiger partial charge is 0.394 e. The van der Waals surface area contributed by atoms with Gasteiger partial charge in [0.1, 0.15) is 48.8 Å². The maximum atomic E-state index is 13.3. The molecule has 89 heavy (non-hydrogen) atoms. The van der Waals surface area contributed by atoms with E-state index in [0.29, 0.717) is 12.8 Å². The third kappa shape index (κ3) is 43.5. The Bertz CT molecular complexity index is 1680. The molecule has 2 aliphatic heterocycles. The third-order valence-corrected chi connectivity index (χ3v) is 18.2. The first kappa shape index (κ1) is 83.0. The fourth-order valence-electron chi connectivity index (χ4n) is 12.3. The molecular weight excluding hydrogens is 1120 g/mol. The molecular formula is C75H139NO13. The van der Waals surface area contributed by atoms with Crippen LogP contribution in [0.1, 0.15) is 328 Å². The molecule has 12 unspecified atom stereocenters. The molecule has 2 fully saturated rings. The number of nitrogens with one attached hydrogen (secondary N) is 1. The van der Waals surface area contributed by atoms with Crippen molar-refractivity contribution in [1.82, 2.24) is 5.32 Å². The van der Waals surface area contributed by atoms with Gasteiger partial charge in [-0.2, -0.15) is 0 Å². The zero-order valence-electron chi connectivity index (χ0n) is 56.9. The summed E-state index contributed by atoms with van der Waals surface area (Å²) in [7, 11) is 0. The number of unbranched alkanes of at least 4 members (excludes halogenated alkanes) is 43. The lowest BCUT2D eigenvalue weighted by Gasteiger charge is -2.46. The van der Waals surface area contributed by atoms with Crippen molar-refractivity contribution >= 4 is 5.91 Å². The van der Waals surface area contributed by atoms with Crippen LogP contribution in [0.5, 0.6) is 0 Å². The Morgan fingerprint density at radius 2 is 0.719 bits per heavy atom. The van der Waals surface area contributed by atoms with Crippen LogP contribution in [0.3, 0.4) is 0 Å². The molecule has 2 aliphatic rings. The SMILES string of the molecule is CCCCCCCCCC/C=C\CCCCCCCCCCCCCCCCCC(=O)NC(COC1OC(CO)C(OC2OC(CO)C(O)C(O)C2O)C(O)C1O)C(O)/C=C/CC/C=C/CC/C=C/CCCCCCCCCCCCCCCCCCCC. The Morgan fingerprint density at radius 1 is 0.393 bits per heavy atom. The highest BCUT2D eigenvalue weighted by atomic mass is 16.7. The highest BCUT2D eigenvalue weighted by molar-refractivity contribution is 5.76. The number of ether oxygens (including phenoxy) is 4. The number of aliphatic hydroxyl groups excluding tert-OH is 8. The Labute approximate surface area is 543 Å². The molecule has 0 radical (unpaired) electrons. The van der Waals surface area contributed by atoms with E-state index in [-0.39, 0.29) is 18.9 Å². The summed E-state index contributed by atoms with van der Waals surface area (Å²) in [6.07, 6.45) is 61.8. The number of allylic oxidation sites excluding steroid dienone is 7. The van der Waals surface area contributed by atoms with Crippen molar-refractivity contribution in [2.24, 2.45) is 0 Å². The second-order valence-corrected chi connectivity index (χ2v) is 26.4. The first-order chi connectivity index (χ1) is 43.6. The Morgan fingerprint density at radius 3 is 1.10 bits per heavy atom. The van der Waals surface area contributed by atoms with Crippen LogP contribution in [-0.4, -0.2) is 140 Å². The second-order valence-electron chi connectivity index (χ2n) is 26.4. The molecule has 2 rings (SSSR count). The van der Waals surface area contributed by atoms with E-state index in [2.05, 4.69) is 55.6 Å². The molecule has 0 saturated carbocycles. The molecule has 0 bridgehead atoms. The molecule has 0 aromatic rings. The van der Waals surface area contributed by atoms with Gasteiger partial charge in [-0.15, -0.1) is 0 Å². The van der Waals surface area contributed by atoms with E-state index in [1.807, 2.05) is 6.08 Å². The predicted molar refractivity (Wildman–Crippen MR) is 364 cm³/mol. The molecule has 2 heterocycles. The van der Waals surface area contributed by atoms with Gasteiger partial charge >= 0.3 is 0 Å². The Hall–Kier alpha value is -2.05. The highest BCUT2D eigenvalue weighted by Gasteiger charge is 2.51. The highest BCUT2D eigenvalue weighted by Crippen LogP contribution is 2.30. The number of hydrogen-bond donors (Lipinski definition) is 9. The van der Waals surface area contributed by atoms with Crippen molar-refractivity contribution in [3.05, 3.63) is 48.6 Å². The average Bonchev–Trinajstić information content (AvgIpc) is 2.75. The van der Waals surface area contributed by atoms with Crippen LogP contribution >= 0.6 is 0 Å². The quantitative estimate of drug-likeness (QED) is 0.0204. The molecule has 0 aromatic heterocycles. The summed E-state index contributed by atoms with van der Waals surface area (Å²) >= 11 is 0. The normalized spacial score (nSPS) is 23.3. The number of aliphatic hydroxyl groups is 8. The number of amides is 1. The summed E-state index contributed by atoms with van der Waals surface area (Å²) in [6, 6.07) is -0.940. The molecule has 0 aliphatic carbocycles. The van der Waals surface area contributed by atoms with E-state index in [1.165, 1.54) is 250 Å². The van der Waals surface area contributed by atoms with Gasteiger partial charge in [0, 0.05) is 6.42 Å². The number of hydrogen-bond acceptors (Lipinski definition) is 13. The molecule has 2 saturated heterocycles. The van der Waals surface area contributed by atoms with E-state index in [9.17, 15) is 45.6 Å². The lowest BCUT2D eigenvalue weighted by Crippen LogP contribution is -2.65. The average molecular weight is 1260 g/mol. The van der Waals surface area contributed by atoms with Crippen molar-refractivity contribution < 1.29 is 64.6 Å². The fourth-order valence-corrected chi connectivity index (χ4v) is 12.3. The topological polar surface area (TPSA) is 228 Å². The van der Waals surface area contributed by atoms with Crippen molar-refractivity contribution in [2.75, 3.05) is 19.8 Å². The lowest BCUT2D eigenvalue weighted by molar-refractivity contribution is -0.359. The van der Waals surface area contributed by atoms with E-state index >= 15 is 0 Å². The fraction of sp³-hybridized carbons (Fsp3) is 0.880. The smallest absolute Gasteiger partial charge is 0.220 e. The summed E-state index contributed by atoms with van der Waals surface area (Å²) in [6.45, 7) is 2.82. The van der Waals surface area contributed by atoms with Crippen molar-refractivity contribution in [3.63, 3.8) is 0 Å². The monoisotopic (exact) mass is 1260 g/mol. The zero-order valence-corrected chi connectivity index (χ0v) is 56.9. The summed E-state index contributed by atoms with van der Waals surface area (Å²) in [4.78, 5) is 13.3. The van der Waals surface area contributed by atoms with Gasteiger partial charge < -0.3 is 65.1 Å². The summed E-state index contributed by atoms with van der Waals surface area (Å²) in [5.41, 5.74) is 0. The number of rotatable bonds is 62. The molecule has 522 valence electrons. The zero-order chi connectivity index (χ0) is 64.5. The molecule has 12 atom stereocenters. The standard InChI is InChI=1S/C75H139NO13/c1-3-5-7-9-11-13-15-17-19-21-23-25-27-29-31-33-34-36-38-40-42-44-46-48-50-52-54-56-58-64(79)63(62-86-74-72(85)70(83)73(66(61-78)88-74)89-75-71(84)69(82)68(81)65(60-77)87-75)76-67(80)59-57-55-53-51-49-47-45-43-41-39-37-35-32-30-28-26-24-22-20-18-16-14-12-10-8-6-4-2/h22,24,40,42,48,50,56,58,63-66,68-75,77-79,81-85H,3-21,23,25-39,41,43-47,49,51-55,57,59-62H2,1-2H3,(H,76,80)/b24-22-,42-40+,50-48+,58-56+. The molecule has 9 N–H and O–H groups in total. The molecule has 1 amide bonds. The predicted octanol–water partition coefficient (Wildman–Crippen LogP) is 15.9. The van der Waals surface area contributed by atoms with E-state index in [1.54, 1.807) is 6.08 Å². The van der Waals surface area contributed by atoms with E-state index < -0.39 is 86.8 Å². The van der Waals surface area contributed by atoms with Gasteiger partial charge in [0.2, 0.25) is 5.91 Å². The first-order valence-electron chi connectivity index (χ1n) is 37.4. The summed E-state index contributed by atoms with van der Waals surface area (Å²) in [5.74, 6) is -0.249. The van der Waals surface area contributed by atoms with Crippen molar-refractivity contribution in [2.45, 2.75) is 402 Å². The van der Waals surface area contributed by atoms with E-state index in [4.69, 9.17) is 18.9 Å². The van der Waals surface area contributed by atoms with Crippen LogP contribution in [0.2, 0.25) is 0 Å². The van der Waals surface area contributed by atoms with Gasteiger partial charge in [0.05, 0.1) is 32.0 Å². The second kappa shape index (κ2) is 59.7. The van der Waals surface area contributed by atoms with Crippen LogP contribution in [0, 0.1) is 0 Å². The Balaban J connectivity index is 1.68. The third-order valence-electron chi connectivity index (χ3n) is 18.2. The molecule has 14 nitrogen and oxygen atoms in total. The number of carbonyl (C=O) groups is 1. The van der Waals surface area contributed by atoms with Gasteiger partial charge in [-0.25, -0.2) is 0 Å². The van der Waals surface area contributed by atoms with Gasteiger partial charge in [-0.05, 0) is 70.6 Å². The minimum Gasteiger partial charge on any atom is -0.394 e. The summed E-state index contributed by atoms with van der Waals surface area (Å²) in [5, 5.41) is 87.5. The van der Waals surface area contributed by atoms with Crippen LogP contribution in [0.25, 0.3) is 0 Å². The maximum Gasteiger partial charge on any atom is 0.220 e. The maximum absolute atomic E-state index is 13.3. The van der Waals surface area contributed by atoms with Crippen molar-refractivity contribution in [3.8, 4) is 0 Å². The van der Waals surface area contributed by atoms with Crippen LogP contribution in [0.15, 0.2) is 48.6 Å². The lowest BCUT2D eigenvalue weighted by atomic mass is 9.97. The van der Waals surface area contributed by atoms with Gasteiger partial charge in [0.25, 0.3) is 0 Å². The molecule has 14 heteroatoms. The minimum atomic E-state index is -1.79. The van der Waals surface area contributed by atoms with Crippen LogP contribution in [-0.2, 0) is 23.7 Å². The Kier molecular flexibility index (Phi) is 55.7. The minimum absolute atomic E-state index is 0.249. The van der Waals surface area contributed by atoms with Crippen LogP contribution < -0.4 is 5.32 Å². The van der Waals surface area contributed by atoms with Gasteiger partial charge in [-0.3, -0.25) is 4.79 Å². The number of carbonyl (C=O) groups excluding carboxylic acids is 1. The molecule has 0 spiro atoms. The van der Waals surface area contributed by atoms with Crippen LogP contribution in [0.4, 0.5) is 0 Å². The molecule has 0 aromatic carbocycles. The van der Waals surface area contributed by atoms with Gasteiger partial charge in [0.15, 0.2) is 12.6 Å². The summed E-state index contributed by atoms with van der Waals surface area (Å²) < 4.78 is 22.9.